The molecule has 2 saturated heterocycles. The van der Waals surface area contributed by atoms with E-state index in [1.54, 1.807) is 18.0 Å². The minimum atomic E-state index is -1.02. The van der Waals surface area contributed by atoms with E-state index in [0.29, 0.717) is 37.6 Å². The van der Waals surface area contributed by atoms with Crippen molar-refractivity contribution in [3.05, 3.63) is 59.3 Å². The maximum absolute atomic E-state index is 13.5. The Bertz CT molecular complexity index is 854. The summed E-state index contributed by atoms with van der Waals surface area (Å²) >= 11 is 0. The number of rotatable bonds is 3. The van der Waals surface area contributed by atoms with Crippen LogP contribution in [0.5, 0.6) is 5.88 Å². The molecule has 1 aromatic heterocycles. The minimum Gasteiger partial charge on any atom is -0.474 e. The van der Waals surface area contributed by atoms with Gasteiger partial charge in [0, 0.05) is 30.7 Å². The monoisotopic (exact) mass is 374 g/mol. The smallest absolute Gasteiger partial charge is 0.254 e. The van der Waals surface area contributed by atoms with Crippen LogP contribution in [0.3, 0.4) is 0 Å². The molecule has 1 spiro atoms. The molecular formula is C20H20F2N2O3. The zero-order chi connectivity index (χ0) is 19.0. The third-order valence-corrected chi connectivity index (χ3v) is 5.12. The summed E-state index contributed by atoms with van der Waals surface area (Å²) in [6.45, 7) is 2.96. The van der Waals surface area contributed by atoms with Gasteiger partial charge in [-0.25, -0.2) is 13.8 Å². The molecule has 1 aromatic carbocycles. The third-order valence-electron chi connectivity index (χ3n) is 5.12. The number of hydrogen-bond acceptors (Lipinski definition) is 4. The van der Waals surface area contributed by atoms with E-state index < -0.39 is 17.2 Å². The average Bonchev–Trinajstić information content (AvgIpc) is 2.63. The summed E-state index contributed by atoms with van der Waals surface area (Å²) in [5, 5.41) is 0. The molecule has 5 nitrogen and oxygen atoms in total. The van der Waals surface area contributed by atoms with E-state index in [9.17, 15) is 13.6 Å². The molecule has 3 heterocycles. The van der Waals surface area contributed by atoms with Crippen molar-refractivity contribution >= 4 is 5.91 Å². The van der Waals surface area contributed by atoms with Gasteiger partial charge in [-0.3, -0.25) is 4.79 Å². The van der Waals surface area contributed by atoms with Gasteiger partial charge in [0.25, 0.3) is 5.91 Å². The number of pyridine rings is 1. The Kier molecular flexibility index (Phi) is 4.55. The summed E-state index contributed by atoms with van der Waals surface area (Å²) in [5.74, 6) is -1.70. The van der Waals surface area contributed by atoms with Crippen molar-refractivity contribution in [2.24, 2.45) is 0 Å². The van der Waals surface area contributed by atoms with E-state index in [1.807, 2.05) is 18.2 Å². The van der Waals surface area contributed by atoms with Crippen LogP contribution >= 0.6 is 0 Å². The number of hydrogen-bond donors (Lipinski definition) is 0. The maximum Gasteiger partial charge on any atom is 0.254 e. The van der Waals surface area contributed by atoms with Crippen molar-refractivity contribution in [2.75, 3.05) is 19.7 Å². The molecular weight excluding hydrogens is 354 g/mol. The normalized spacial score (nSPS) is 21.0. The average molecular weight is 374 g/mol. The Labute approximate surface area is 155 Å². The first-order valence-electron chi connectivity index (χ1n) is 8.92. The van der Waals surface area contributed by atoms with Gasteiger partial charge in [-0.2, -0.15) is 0 Å². The lowest BCUT2D eigenvalue weighted by atomic mass is 9.84. The van der Waals surface area contributed by atoms with Crippen LogP contribution in [0, 0.1) is 18.6 Å². The van der Waals surface area contributed by atoms with E-state index in [1.165, 1.54) is 0 Å². The molecule has 1 amide bonds. The fourth-order valence-corrected chi connectivity index (χ4v) is 3.73. The van der Waals surface area contributed by atoms with Crippen molar-refractivity contribution < 1.29 is 23.0 Å². The van der Waals surface area contributed by atoms with Gasteiger partial charge in [0.05, 0.1) is 19.7 Å². The van der Waals surface area contributed by atoms with Gasteiger partial charge in [-0.05, 0) is 30.7 Å². The van der Waals surface area contributed by atoms with Gasteiger partial charge in [-0.1, -0.05) is 6.07 Å². The number of carbonyl (C=O) groups excluding carboxylic acids is 1. The predicted octanol–water partition coefficient (Wildman–Crippen LogP) is 3.12. The van der Waals surface area contributed by atoms with Gasteiger partial charge in [0.2, 0.25) is 5.88 Å². The van der Waals surface area contributed by atoms with Gasteiger partial charge < -0.3 is 14.4 Å². The Balaban J connectivity index is 1.40. The first kappa shape index (κ1) is 17.9. The molecule has 27 heavy (non-hydrogen) atoms. The molecule has 0 saturated carbocycles. The summed E-state index contributed by atoms with van der Waals surface area (Å²) in [4.78, 5) is 18.4. The first-order valence-corrected chi connectivity index (χ1v) is 8.92. The summed E-state index contributed by atoms with van der Waals surface area (Å²) in [7, 11) is 0. The predicted molar refractivity (Wildman–Crippen MR) is 93.6 cm³/mol. The van der Waals surface area contributed by atoms with E-state index in [2.05, 4.69) is 4.98 Å². The fraction of sp³-hybridized carbons (Fsp3) is 0.400. The van der Waals surface area contributed by atoms with Gasteiger partial charge in [-0.15, -0.1) is 0 Å². The topological polar surface area (TPSA) is 51.7 Å². The third kappa shape index (κ3) is 3.51. The molecule has 0 N–H and O–H groups in total. The molecule has 4 rings (SSSR count). The van der Waals surface area contributed by atoms with Crippen LogP contribution in [0.4, 0.5) is 8.78 Å². The SMILES string of the molecule is Cc1cc(F)c(F)cc1C(=O)N1CC2(C[C@H](Oc3ccccn3)CCO2)C1. The molecule has 2 aromatic rings. The lowest BCUT2D eigenvalue weighted by Gasteiger charge is -2.52. The van der Waals surface area contributed by atoms with E-state index in [0.717, 1.165) is 18.6 Å². The maximum atomic E-state index is 13.5. The summed E-state index contributed by atoms with van der Waals surface area (Å²) in [6.07, 6.45) is 3.06. The fourth-order valence-electron chi connectivity index (χ4n) is 3.73. The first-order chi connectivity index (χ1) is 13.0. The number of nitrogens with zero attached hydrogens (tertiary/aromatic N) is 2. The lowest BCUT2D eigenvalue weighted by Crippen LogP contribution is -2.67. The van der Waals surface area contributed by atoms with Crippen LogP contribution in [0.1, 0.15) is 28.8 Å². The molecule has 0 radical (unpaired) electrons. The van der Waals surface area contributed by atoms with Crippen LogP contribution in [0.2, 0.25) is 0 Å². The molecule has 2 aliphatic heterocycles. The lowest BCUT2D eigenvalue weighted by molar-refractivity contribution is -0.174. The van der Waals surface area contributed by atoms with Crippen molar-refractivity contribution in [1.82, 2.24) is 9.88 Å². The number of ether oxygens (including phenoxy) is 2. The molecule has 2 fully saturated rings. The van der Waals surface area contributed by atoms with Crippen LogP contribution in [-0.2, 0) is 4.74 Å². The number of benzene rings is 1. The number of carbonyl (C=O) groups is 1. The Hall–Kier alpha value is -2.54. The van der Waals surface area contributed by atoms with Crippen molar-refractivity contribution in [3.8, 4) is 5.88 Å². The summed E-state index contributed by atoms with van der Waals surface area (Å²) in [5.41, 5.74) is 0.154. The zero-order valence-corrected chi connectivity index (χ0v) is 15.0. The van der Waals surface area contributed by atoms with E-state index in [-0.39, 0.29) is 17.6 Å². The second-order valence-electron chi connectivity index (χ2n) is 7.17. The molecule has 0 aliphatic carbocycles. The van der Waals surface area contributed by atoms with Gasteiger partial charge >= 0.3 is 0 Å². The van der Waals surface area contributed by atoms with Gasteiger partial charge in [0.1, 0.15) is 11.7 Å². The molecule has 142 valence electrons. The number of amides is 1. The van der Waals surface area contributed by atoms with Gasteiger partial charge in [0.15, 0.2) is 11.6 Å². The summed E-state index contributed by atoms with van der Waals surface area (Å²) in [6, 6.07) is 7.52. The molecule has 0 unspecified atom stereocenters. The number of likely N-dealkylation sites (tertiary alicyclic amines) is 1. The largest absolute Gasteiger partial charge is 0.474 e. The Morgan fingerprint density at radius 2 is 2.07 bits per heavy atom. The quantitative estimate of drug-likeness (QED) is 0.828. The second-order valence-corrected chi connectivity index (χ2v) is 7.17. The number of aryl methyl sites for hydroxylation is 1. The highest BCUT2D eigenvalue weighted by atomic mass is 19.2. The highest BCUT2D eigenvalue weighted by Crippen LogP contribution is 2.36. The number of aromatic nitrogens is 1. The highest BCUT2D eigenvalue weighted by molar-refractivity contribution is 5.96. The number of halogens is 2. The molecule has 1 atom stereocenters. The highest BCUT2D eigenvalue weighted by Gasteiger charge is 2.50. The van der Waals surface area contributed by atoms with E-state index >= 15 is 0 Å². The standard InChI is InChI=1S/C20H20F2N2O3/c1-13-8-16(21)17(22)9-15(13)19(25)24-11-20(12-24)10-14(5-7-26-20)27-18-4-2-3-6-23-18/h2-4,6,8-9,14H,5,7,10-12H2,1H3/t14-/m1/s1. The zero-order valence-electron chi connectivity index (χ0n) is 15.0. The van der Waals surface area contributed by atoms with E-state index in [4.69, 9.17) is 9.47 Å². The van der Waals surface area contributed by atoms with Crippen LogP contribution < -0.4 is 4.74 Å². The van der Waals surface area contributed by atoms with Crippen LogP contribution in [0.15, 0.2) is 36.5 Å². The Morgan fingerprint density at radius 1 is 1.30 bits per heavy atom. The van der Waals surface area contributed by atoms with Crippen molar-refractivity contribution in [3.63, 3.8) is 0 Å². The molecule has 7 heteroatoms. The van der Waals surface area contributed by atoms with Crippen LogP contribution in [-0.4, -0.2) is 47.2 Å². The molecule has 0 bridgehead atoms. The van der Waals surface area contributed by atoms with Crippen molar-refractivity contribution in [1.29, 1.82) is 0 Å². The van der Waals surface area contributed by atoms with Crippen molar-refractivity contribution in [2.45, 2.75) is 31.5 Å². The Morgan fingerprint density at radius 3 is 2.81 bits per heavy atom. The van der Waals surface area contributed by atoms with Crippen LogP contribution in [0.25, 0.3) is 0 Å². The summed E-state index contributed by atoms with van der Waals surface area (Å²) < 4.78 is 38.7. The second kappa shape index (κ2) is 6.88. The molecule has 2 aliphatic rings. The minimum absolute atomic E-state index is 0.0316.